The molecule has 1 heterocycles. The zero-order valence-electron chi connectivity index (χ0n) is 12.8. The first-order valence-corrected chi connectivity index (χ1v) is 7.93. The minimum Gasteiger partial charge on any atom is -0.493 e. The van der Waals surface area contributed by atoms with Crippen molar-refractivity contribution in [2.75, 3.05) is 13.7 Å². The molecule has 1 aromatic rings. The van der Waals surface area contributed by atoms with Crippen LogP contribution in [0.4, 0.5) is 0 Å². The predicted molar refractivity (Wildman–Crippen MR) is 81.7 cm³/mol. The van der Waals surface area contributed by atoms with Crippen molar-refractivity contribution in [2.24, 2.45) is 5.73 Å². The van der Waals surface area contributed by atoms with Gasteiger partial charge in [-0.1, -0.05) is 25.0 Å². The van der Waals surface area contributed by atoms with Crippen LogP contribution in [-0.4, -0.2) is 25.4 Å². The van der Waals surface area contributed by atoms with Gasteiger partial charge < -0.3 is 19.9 Å². The van der Waals surface area contributed by atoms with Crippen LogP contribution in [-0.2, 0) is 11.3 Å². The smallest absolute Gasteiger partial charge is 0.165 e. The third-order valence-corrected chi connectivity index (χ3v) is 4.77. The third kappa shape index (κ3) is 3.01. The number of methoxy groups -OCH3 is 1. The maximum Gasteiger partial charge on any atom is 0.165 e. The van der Waals surface area contributed by atoms with Gasteiger partial charge in [0.15, 0.2) is 11.5 Å². The van der Waals surface area contributed by atoms with E-state index in [0.717, 1.165) is 23.5 Å². The molecule has 1 atom stereocenters. The summed E-state index contributed by atoms with van der Waals surface area (Å²) in [5.74, 6) is 1.50. The van der Waals surface area contributed by atoms with Gasteiger partial charge in [0.25, 0.3) is 0 Å². The second-order valence-electron chi connectivity index (χ2n) is 6.13. The Labute approximate surface area is 126 Å². The molecule has 1 unspecified atom stereocenters. The van der Waals surface area contributed by atoms with Crippen LogP contribution in [0.25, 0.3) is 0 Å². The van der Waals surface area contributed by atoms with E-state index >= 15 is 0 Å². The van der Waals surface area contributed by atoms with E-state index in [2.05, 4.69) is 0 Å². The number of ether oxygens (including phenoxy) is 3. The van der Waals surface area contributed by atoms with Gasteiger partial charge in [0.1, 0.15) is 6.61 Å². The Morgan fingerprint density at radius 1 is 1.29 bits per heavy atom. The zero-order valence-corrected chi connectivity index (χ0v) is 12.8. The van der Waals surface area contributed by atoms with Crippen LogP contribution in [0.1, 0.15) is 44.1 Å². The van der Waals surface area contributed by atoms with Gasteiger partial charge >= 0.3 is 0 Å². The van der Waals surface area contributed by atoms with Crippen molar-refractivity contribution < 1.29 is 14.2 Å². The Morgan fingerprint density at radius 3 is 2.81 bits per heavy atom. The van der Waals surface area contributed by atoms with Crippen molar-refractivity contribution in [1.82, 2.24) is 0 Å². The number of benzene rings is 1. The Bertz CT molecular complexity index is 461. The lowest BCUT2D eigenvalue weighted by Gasteiger charge is -2.24. The van der Waals surface area contributed by atoms with E-state index in [4.69, 9.17) is 19.9 Å². The second kappa shape index (κ2) is 6.24. The Morgan fingerprint density at radius 2 is 2.10 bits per heavy atom. The number of hydrogen-bond acceptors (Lipinski definition) is 4. The van der Waals surface area contributed by atoms with Gasteiger partial charge in [-0.05, 0) is 31.7 Å². The van der Waals surface area contributed by atoms with E-state index < -0.39 is 0 Å². The molecular weight excluding hydrogens is 266 g/mol. The van der Waals surface area contributed by atoms with Gasteiger partial charge in [-0.2, -0.15) is 0 Å². The second-order valence-corrected chi connectivity index (χ2v) is 6.13. The molecule has 0 amide bonds. The van der Waals surface area contributed by atoms with Crippen molar-refractivity contribution in [3.63, 3.8) is 0 Å². The first-order chi connectivity index (χ1) is 10.3. The van der Waals surface area contributed by atoms with Gasteiger partial charge in [-0.15, -0.1) is 0 Å². The van der Waals surface area contributed by atoms with Crippen molar-refractivity contribution in [2.45, 2.75) is 56.8 Å². The number of nitrogens with two attached hydrogens (primary N) is 1. The van der Waals surface area contributed by atoms with Crippen LogP contribution in [0.5, 0.6) is 11.5 Å². The van der Waals surface area contributed by atoms with Crippen molar-refractivity contribution in [1.29, 1.82) is 0 Å². The highest BCUT2D eigenvalue weighted by atomic mass is 16.6. The molecule has 2 fully saturated rings. The Balaban J connectivity index is 1.63. The van der Waals surface area contributed by atoms with Gasteiger partial charge in [-0.3, -0.25) is 0 Å². The van der Waals surface area contributed by atoms with Crippen LogP contribution in [0.3, 0.4) is 0 Å². The topological polar surface area (TPSA) is 53.7 Å². The molecule has 2 N–H and O–H groups in total. The molecule has 1 saturated carbocycles. The van der Waals surface area contributed by atoms with Crippen molar-refractivity contribution >= 4 is 0 Å². The van der Waals surface area contributed by atoms with Gasteiger partial charge in [-0.25, -0.2) is 0 Å². The van der Waals surface area contributed by atoms with E-state index in [9.17, 15) is 0 Å². The lowest BCUT2D eigenvalue weighted by molar-refractivity contribution is -0.0511. The molecule has 4 nitrogen and oxygen atoms in total. The number of para-hydroxylation sites is 1. The quantitative estimate of drug-likeness (QED) is 0.906. The molecule has 1 aliphatic carbocycles. The van der Waals surface area contributed by atoms with E-state index in [1.54, 1.807) is 7.11 Å². The van der Waals surface area contributed by atoms with E-state index in [0.29, 0.717) is 13.2 Å². The molecule has 1 aliphatic heterocycles. The lowest BCUT2D eigenvalue weighted by Crippen LogP contribution is -2.27. The summed E-state index contributed by atoms with van der Waals surface area (Å²) in [5.41, 5.74) is 6.92. The first kappa shape index (κ1) is 14.7. The summed E-state index contributed by atoms with van der Waals surface area (Å²) < 4.78 is 17.7. The third-order valence-electron chi connectivity index (χ3n) is 4.77. The van der Waals surface area contributed by atoms with E-state index in [1.807, 2.05) is 18.2 Å². The maximum absolute atomic E-state index is 6.28. The molecule has 2 aliphatic rings. The molecule has 0 radical (unpaired) electrons. The van der Waals surface area contributed by atoms with E-state index in [-0.39, 0.29) is 11.7 Å². The highest BCUT2D eigenvalue weighted by Gasteiger charge is 2.42. The predicted octanol–water partition coefficient (Wildman–Crippen LogP) is 3.02. The van der Waals surface area contributed by atoms with E-state index in [1.165, 1.54) is 32.1 Å². The largest absolute Gasteiger partial charge is 0.493 e. The normalized spacial score (nSPS) is 23.6. The standard InChI is InChI=1S/C17H25NO3/c1-19-15-6-4-5-13(11-18)16(15)20-12-14-7-10-17(21-14)8-2-3-9-17/h4-6,14H,2-3,7-12,18H2,1H3. The Hall–Kier alpha value is -1.26. The average Bonchev–Trinajstić information content (AvgIpc) is 3.15. The molecular formula is C17H25NO3. The van der Waals surface area contributed by atoms with Crippen LogP contribution >= 0.6 is 0 Å². The fraction of sp³-hybridized carbons (Fsp3) is 0.647. The fourth-order valence-electron chi connectivity index (χ4n) is 3.62. The summed E-state index contributed by atoms with van der Waals surface area (Å²) in [6.45, 7) is 1.02. The monoisotopic (exact) mass is 291 g/mol. The highest BCUT2D eigenvalue weighted by molar-refractivity contribution is 5.46. The summed E-state index contributed by atoms with van der Waals surface area (Å²) in [5, 5.41) is 0. The van der Waals surface area contributed by atoms with Gasteiger partial charge in [0.2, 0.25) is 0 Å². The molecule has 0 aromatic heterocycles. The summed E-state index contributed by atoms with van der Waals surface area (Å²) >= 11 is 0. The van der Waals surface area contributed by atoms with Gasteiger partial charge in [0, 0.05) is 12.1 Å². The maximum atomic E-state index is 6.28. The minimum absolute atomic E-state index is 0.158. The first-order valence-electron chi connectivity index (χ1n) is 7.93. The Kier molecular flexibility index (Phi) is 4.36. The van der Waals surface area contributed by atoms with Crippen molar-refractivity contribution in [3.8, 4) is 11.5 Å². The molecule has 1 aromatic carbocycles. The SMILES string of the molecule is COc1cccc(CN)c1OCC1CCC2(CCCC2)O1. The van der Waals surface area contributed by atoms with Crippen molar-refractivity contribution in [3.05, 3.63) is 23.8 Å². The van der Waals surface area contributed by atoms with Gasteiger partial charge in [0.05, 0.1) is 18.8 Å². The lowest BCUT2D eigenvalue weighted by atomic mass is 9.98. The molecule has 21 heavy (non-hydrogen) atoms. The molecule has 0 bridgehead atoms. The summed E-state index contributed by atoms with van der Waals surface area (Å²) in [4.78, 5) is 0. The molecule has 3 rings (SSSR count). The van der Waals surface area contributed by atoms with Crippen LogP contribution in [0.2, 0.25) is 0 Å². The molecule has 116 valence electrons. The number of rotatable bonds is 5. The molecule has 1 saturated heterocycles. The average molecular weight is 291 g/mol. The molecule has 4 heteroatoms. The van der Waals surface area contributed by atoms with Crippen LogP contribution in [0.15, 0.2) is 18.2 Å². The van der Waals surface area contributed by atoms with Crippen LogP contribution in [0, 0.1) is 0 Å². The highest BCUT2D eigenvalue weighted by Crippen LogP contribution is 2.43. The summed E-state index contributed by atoms with van der Waals surface area (Å²) in [7, 11) is 1.65. The summed E-state index contributed by atoms with van der Waals surface area (Å²) in [6.07, 6.45) is 7.50. The molecule has 1 spiro atoms. The minimum atomic E-state index is 0.158. The summed E-state index contributed by atoms with van der Waals surface area (Å²) in [6, 6.07) is 5.82. The fourth-order valence-corrected chi connectivity index (χ4v) is 3.62. The number of hydrogen-bond donors (Lipinski definition) is 1. The van der Waals surface area contributed by atoms with Crippen LogP contribution < -0.4 is 15.2 Å². The zero-order chi connectivity index (χ0) is 14.7.